The molecule has 0 unspecified atom stereocenters. The fourth-order valence-corrected chi connectivity index (χ4v) is 13.0. The summed E-state index contributed by atoms with van der Waals surface area (Å²) < 4.78 is 67.3. The van der Waals surface area contributed by atoms with Crippen LogP contribution in [0.15, 0.2) is 101 Å². The number of carbonyl (C=O) groups excluding carboxylic acids is 6. The summed E-state index contributed by atoms with van der Waals surface area (Å²) in [6, 6.07) is 20.6. The number of aromatic amines is 2. The van der Waals surface area contributed by atoms with E-state index in [0.717, 1.165) is 74.7 Å². The number of alkyl carbamates (subject to hydrolysis) is 2. The number of H-pyrrole nitrogens is 2. The van der Waals surface area contributed by atoms with Gasteiger partial charge in [0, 0.05) is 36.2 Å². The average molecular weight is 1340 g/mol. The number of allylic oxidation sites excluding steroid dienone is 1. The van der Waals surface area contributed by atoms with Gasteiger partial charge in [0.25, 0.3) is 0 Å². The fraction of sp³-hybridized carbons (Fsp3) is 0.468. The second-order valence-corrected chi connectivity index (χ2v) is 28.6. The van der Waals surface area contributed by atoms with Crippen molar-refractivity contribution in [1.29, 1.82) is 0 Å². The van der Waals surface area contributed by atoms with Crippen LogP contribution in [0, 0.1) is 23.7 Å². The Hall–Kier alpha value is -7.79. The summed E-state index contributed by atoms with van der Waals surface area (Å²) in [6.45, 7) is 11.5. The number of methoxy groups -OCH3 is 3. The van der Waals surface area contributed by atoms with Crippen LogP contribution in [0.4, 0.5) is 9.59 Å². The quantitative estimate of drug-likeness (QED) is 0.0458. The molecule has 28 heteroatoms. The van der Waals surface area contributed by atoms with Crippen LogP contribution in [0.1, 0.15) is 96.5 Å². The Morgan fingerprint density at radius 3 is 1.49 bits per heavy atom. The molecule has 0 saturated carbocycles. The molecule has 4 aliphatic rings. The predicted octanol–water partition coefficient (Wildman–Crippen LogP) is 7.56. The second kappa shape index (κ2) is 29.0. The molecule has 3 fully saturated rings. The minimum Gasteiger partial charge on any atom is -0.469 e. The van der Waals surface area contributed by atoms with Crippen LogP contribution < -0.4 is 10.6 Å². The molecule has 5 amide bonds. The molecule has 2 aromatic heterocycles. The molecule has 0 spiro atoms. The van der Waals surface area contributed by atoms with E-state index in [9.17, 15) is 45.6 Å². The van der Waals surface area contributed by atoms with Crippen molar-refractivity contribution < 1.29 is 59.8 Å². The fourth-order valence-electron chi connectivity index (χ4n) is 11.3. The van der Waals surface area contributed by atoms with Gasteiger partial charge in [-0.1, -0.05) is 124 Å². The Morgan fingerprint density at radius 1 is 0.589 bits per heavy atom. The number of halogens is 1. The maximum atomic E-state index is 13.8. The molecule has 3 aromatic carbocycles. The number of carbonyl (C=O) groups is 6. The van der Waals surface area contributed by atoms with Gasteiger partial charge in [-0.25, -0.2) is 36.4 Å². The lowest BCUT2D eigenvalue weighted by Crippen LogP contribution is -2.51. The highest BCUT2D eigenvalue weighted by Gasteiger charge is 2.46. The first-order valence-corrected chi connectivity index (χ1v) is 34.0. The van der Waals surface area contributed by atoms with Crippen LogP contribution in [-0.2, 0) is 53.4 Å². The Morgan fingerprint density at radius 2 is 1.03 bits per heavy atom. The van der Waals surface area contributed by atoms with E-state index in [1.807, 2.05) is 107 Å². The Balaban J connectivity index is 0.000000275. The Labute approximate surface area is 533 Å². The van der Waals surface area contributed by atoms with Crippen molar-refractivity contribution in [3.63, 3.8) is 0 Å². The number of esters is 1. The highest BCUT2D eigenvalue weighted by molar-refractivity contribution is 9.10. The number of ether oxygens (including phenoxy) is 3. The molecule has 3 saturated heterocycles. The molecule has 9 rings (SSSR count). The molecule has 0 radical (unpaired) electrons. The van der Waals surface area contributed by atoms with Gasteiger partial charge in [-0.3, -0.25) is 24.2 Å². The molecule has 4 aliphatic heterocycles. The van der Waals surface area contributed by atoms with Gasteiger partial charge in [0.1, 0.15) is 29.8 Å². The number of nitrogens with one attached hydrogen (secondary N) is 4. The summed E-state index contributed by atoms with van der Waals surface area (Å²) in [4.78, 5) is 102. The molecule has 6 heterocycles. The first-order valence-electron chi connectivity index (χ1n) is 29.5. The van der Waals surface area contributed by atoms with Gasteiger partial charge >= 0.3 is 18.2 Å². The van der Waals surface area contributed by atoms with E-state index in [1.165, 1.54) is 34.8 Å². The van der Waals surface area contributed by atoms with Gasteiger partial charge in [-0.2, -0.15) is 8.61 Å². The third-order valence-corrected chi connectivity index (χ3v) is 19.5. The molecule has 0 bridgehead atoms. The van der Waals surface area contributed by atoms with Gasteiger partial charge in [0.05, 0.1) is 101 Å². The van der Waals surface area contributed by atoms with E-state index in [0.29, 0.717) is 30.3 Å². The maximum Gasteiger partial charge on any atom is 0.407 e. The molecular formula is C62H79BrN12O13S2. The van der Waals surface area contributed by atoms with Crippen LogP contribution >= 0.6 is 15.9 Å². The Bertz CT molecular complexity index is 3720. The number of sulfonamides is 2. The van der Waals surface area contributed by atoms with Crippen LogP contribution in [0.25, 0.3) is 39.3 Å². The van der Waals surface area contributed by atoms with E-state index in [4.69, 9.17) is 19.2 Å². The topological polar surface area (TPSA) is 308 Å². The van der Waals surface area contributed by atoms with Gasteiger partial charge in [-0.05, 0) is 70.5 Å². The molecule has 5 aromatic rings. The van der Waals surface area contributed by atoms with E-state index in [1.54, 1.807) is 36.0 Å². The molecular weight excluding hydrogens is 1260 g/mol. The highest BCUT2D eigenvalue weighted by Crippen LogP contribution is 2.36. The van der Waals surface area contributed by atoms with E-state index >= 15 is 0 Å². The number of likely N-dealkylation sites (tertiary alicyclic amines) is 1. The van der Waals surface area contributed by atoms with Crippen molar-refractivity contribution in [3.05, 3.63) is 113 Å². The van der Waals surface area contributed by atoms with Gasteiger partial charge < -0.3 is 49.5 Å². The number of aromatic nitrogens is 4. The van der Waals surface area contributed by atoms with Gasteiger partial charge in [-0.15, -0.1) is 0 Å². The van der Waals surface area contributed by atoms with E-state index in [2.05, 4.69) is 46.5 Å². The predicted molar refractivity (Wildman–Crippen MR) is 341 cm³/mol. The third kappa shape index (κ3) is 16.0. The molecule has 90 heavy (non-hydrogen) atoms. The van der Waals surface area contributed by atoms with E-state index in [-0.39, 0.29) is 68.5 Å². The van der Waals surface area contributed by atoms with Crippen LogP contribution in [-0.4, -0.2) is 187 Å². The highest BCUT2D eigenvalue weighted by atomic mass is 79.9. The standard InChI is InChI=1S/C40H51N9O8S.C22H28BrN3O5S/c1-23(2)33(45-39(52)56-5)37(50)48-18-8-9-31(48)35-41-19-29(43-35)27-14-10-25(11-15-27)26-12-16-28(17-13-26)30-20-42-36(44-30)32-21-47(58(7,54)55)22-49(32)38(51)34(24(3)4)46-40(53)57-6;1-14(2)17(11-21(27)31-3)22(28)26-13-25(32(4,29)30)12-20(26)19-10-9-18(24-19)15-5-7-16(23)8-6-15/h10-17,19-20,23-24,31-34H,8-9,18,21-22H2,1-7H3,(H,41,43)(H,42,44)(H,45,52)(H,46,53);5-9,14,17,20H,10-13H2,1-4H3/t31-,32-,33-,34-;17-,20-/m00/s1. The Kier molecular flexibility index (Phi) is 22.0. The van der Waals surface area contributed by atoms with Gasteiger partial charge in [0.2, 0.25) is 37.8 Å². The molecule has 4 N–H and O–H groups in total. The largest absolute Gasteiger partial charge is 0.469 e. The normalized spacial score (nSPS) is 19.1. The van der Waals surface area contributed by atoms with Gasteiger partial charge in [0.15, 0.2) is 0 Å². The van der Waals surface area contributed by atoms with Crippen molar-refractivity contribution in [3.8, 4) is 33.6 Å². The summed E-state index contributed by atoms with van der Waals surface area (Å²) in [7, 11) is -3.37. The van der Waals surface area contributed by atoms with Crippen molar-refractivity contribution in [2.24, 2.45) is 28.7 Å². The first kappa shape index (κ1) is 68.1. The van der Waals surface area contributed by atoms with Crippen molar-refractivity contribution >= 4 is 83.3 Å². The molecule has 6 atom stereocenters. The zero-order valence-corrected chi connectivity index (χ0v) is 55.5. The number of benzene rings is 3. The number of aliphatic imine (C=N–C) groups is 1. The van der Waals surface area contributed by atoms with Crippen molar-refractivity contribution in [1.82, 2.24) is 53.9 Å². The zero-order chi connectivity index (χ0) is 65.5. The molecule has 0 aliphatic carbocycles. The first-order chi connectivity index (χ1) is 42.6. The third-order valence-electron chi connectivity index (χ3n) is 16.5. The van der Waals surface area contributed by atoms with Crippen LogP contribution in [0.3, 0.4) is 0 Å². The zero-order valence-electron chi connectivity index (χ0n) is 52.3. The average Bonchev–Trinajstić information content (AvgIpc) is 1.69. The summed E-state index contributed by atoms with van der Waals surface area (Å²) in [5.41, 5.74) is 7.74. The maximum absolute atomic E-state index is 13.8. The molecule has 484 valence electrons. The minimum absolute atomic E-state index is 0.00296. The number of hydrogen-bond acceptors (Lipinski definition) is 16. The number of amides is 5. The van der Waals surface area contributed by atoms with Crippen LogP contribution in [0.5, 0.6) is 0 Å². The SMILES string of the molecule is COC(=O)C[C@H](C(=O)N1CN(S(C)(=O)=O)C[C@H]1C1=NC(c2ccc(Br)cc2)=CC1)C(C)C.COC(=O)N[C@H](C(=O)N1CCC[C@H]1c1ncc(-c2ccc(-c3ccc(-c4cnc([C@@H]5CN(S(C)(=O)=O)CN5C(=O)[C@@H](NC(=O)OC)C(C)C)[nH]4)cc3)cc2)[nH]1)C(C)C. The van der Waals surface area contributed by atoms with Crippen molar-refractivity contribution in [2.45, 2.75) is 97.4 Å². The number of rotatable bonds is 19. The summed E-state index contributed by atoms with van der Waals surface area (Å²) in [5, 5.41) is 5.26. The number of imidazole rings is 2. The lowest BCUT2D eigenvalue weighted by molar-refractivity contribution is -0.148. The number of nitrogens with zero attached hydrogens (tertiary/aromatic N) is 8. The minimum atomic E-state index is -3.64. The lowest BCUT2D eigenvalue weighted by atomic mass is 9.90. The summed E-state index contributed by atoms with van der Waals surface area (Å²) in [6.07, 6.45) is 8.29. The smallest absolute Gasteiger partial charge is 0.407 e. The summed E-state index contributed by atoms with van der Waals surface area (Å²) in [5.74, 6) is -1.37. The monoisotopic (exact) mass is 1340 g/mol. The van der Waals surface area contributed by atoms with Crippen molar-refractivity contribution in [2.75, 3.05) is 66.8 Å². The molecule has 25 nitrogen and oxygen atoms in total. The number of hydrogen-bond donors (Lipinski definition) is 4. The lowest BCUT2D eigenvalue weighted by Gasteiger charge is -2.30. The summed E-state index contributed by atoms with van der Waals surface area (Å²) >= 11 is 3.42. The van der Waals surface area contributed by atoms with E-state index < -0.39 is 74.2 Å². The van der Waals surface area contributed by atoms with Crippen LogP contribution in [0.2, 0.25) is 0 Å². The second-order valence-electron chi connectivity index (χ2n) is 23.7.